The average Bonchev–Trinajstić information content (AvgIpc) is 2.56. The van der Waals surface area contributed by atoms with Gasteiger partial charge in [-0.3, -0.25) is 4.79 Å². The van der Waals surface area contributed by atoms with Crippen LogP contribution in [0.15, 0.2) is 11.0 Å². The second-order valence-corrected chi connectivity index (χ2v) is 8.24. The van der Waals surface area contributed by atoms with Crippen LogP contribution in [-0.2, 0) is 14.8 Å². The molecule has 0 atom stereocenters. The summed E-state index contributed by atoms with van der Waals surface area (Å²) in [5.74, 6) is -0.917. The quantitative estimate of drug-likeness (QED) is 0.870. The Kier molecular flexibility index (Phi) is 3.72. The molecule has 0 unspecified atom stereocenters. The lowest BCUT2D eigenvalue weighted by Gasteiger charge is -2.37. The van der Waals surface area contributed by atoms with E-state index in [1.165, 1.54) is 11.3 Å². The summed E-state index contributed by atoms with van der Waals surface area (Å²) in [6.45, 7) is 3.57. The fourth-order valence-electron chi connectivity index (χ4n) is 2.25. The molecule has 19 heavy (non-hydrogen) atoms. The summed E-state index contributed by atoms with van der Waals surface area (Å²) in [7, 11) is -3.62. The van der Waals surface area contributed by atoms with Gasteiger partial charge in [0.15, 0.2) is 0 Å². The monoisotopic (exact) mass is 303 g/mol. The number of thiophene rings is 1. The zero-order chi connectivity index (χ0) is 14.3. The van der Waals surface area contributed by atoms with Crippen molar-refractivity contribution in [3.63, 3.8) is 0 Å². The van der Waals surface area contributed by atoms with Gasteiger partial charge in [-0.2, -0.15) is 0 Å². The fourth-order valence-corrected chi connectivity index (χ4v) is 4.94. The summed E-state index contributed by atoms with van der Waals surface area (Å²) in [4.78, 5) is 13.1. The second kappa shape index (κ2) is 4.88. The van der Waals surface area contributed by atoms with Crippen LogP contribution < -0.4 is 4.72 Å². The Morgan fingerprint density at radius 1 is 1.47 bits per heavy atom. The molecule has 1 aromatic heterocycles. The summed E-state index contributed by atoms with van der Waals surface area (Å²) in [6.07, 6.45) is 1.91. The molecule has 1 saturated carbocycles. The highest BCUT2D eigenvalue weighted by atomic mass is 32.2. The molecule has 0 aliphatic heterocycles. The highest BCUT2D eigenvalue weighted by Gasteiger charge is 2.45. The molecule has 1 aliphatic carbocycles. The third-order valence-corrected chi connectivity index (χ3v) is 6.27. The van der Waals surface area contributed by atoms with Crippen LogP contribution >= 0.6 is 11.3 Å². The van der Waals surface area contributed by atoms with Gasteiger partial charge in [-0.25, -0.2) is 13.1 Å². The summed E-state index contributed by atoms with van der Waals surface area (Å²) in [5.41, 5.74) is -0.911. The van der Waals surface area contributed by atoms with Crippen molar-refractivity contribution in [1.29, 1.82) is 0 Å². The first-order chi connectivity index (χ1) is 8.77. The number of carboxylic acid groups (broad SMARTS) is 1. The molecule has 0 radical (unpaired) electrons. The number of rotatable bonds is 5. The predicted octanol–water partition coefficient (Wildman–Crippen LogP) is 1.90. The molecule has 1 heterocycles. The first kappa shape index (κ1) is 14.5. The molecule has 0 bridgehead atoms. The molecule has 5 nitrogen and oxygen atoms in total. The van der Waals surface area contributed by atoms with Gasteiger partial charge < -0.3 is 5.11 Å². The van der Waals surface area contributed by atoms with E-state index in [1.807, 2.05) is 6.92 Å². The van der Waals surface area contributed by atoms with Gasteiger partial charge in [0.1, 0.15) is 0 Å². The Labute approximate surface area is 116 Å². The third-order valence-electron chi connectivity index (χ3n) is 3.65. The Balaban J connectivity index is 2.14. The summed E-state index contributed by atoms with van der Waals surface area (Å²) in [5, 5.41) is 9.18. The smallest absolute Gasteiger partial charge is 0.310 e. The molecule has 1 aromatic rings. The number of hydrogen-bond donors (Lipinski definition) is 2. The van der Waals surface area contributed by atoms with E-state index < -0.39 is 21.4 Å². The molecule has 1 fully saturated rings. The van der Waals surface area contributed by atoms with Gasteiger partial charge >= 0.3 is 5.97 Å². The molecular formula is C12H17NO4S2. The largest absolute Gasteiger partial charge is 0.481 e. The van der Waals surface area contributed by atoms with E-state index in [4.69, 9.17) is 0 Å². The highest BCUT2D eigenvalue weighted by molar-refractivity contribution is 7.89. The molecule has 7 heteroatoms. The molecule has 0 amide bonds. The first-order valence-corrected chi connectivity index (χ1v) is 8.37. The van der Waals surface area contributed by atoms with Gasteiger partial charge in [-0.05, 0) is 32.8 Å². The van der Waals surface area contributed by atoms with Crippen LogP contribution in [0, 0.1) is 19.3 Å². The number of sulfonamides is 1. The molecule has 2 N–H and O–H groups in total. The van der Waals surface area contributed by atoms with Crippen molar-refractivity contribution in [1.82, 2.24) is 4.72 Å². The van der Waals surface area contributed by atoms with E-state index in [9.17, 15) is 18.3 Å². The zero-order valence-electron chi connectivity index (χ0n) is 10.9. The number of hydrogen-bond acceptors (Lipinski definition) is 4. The third kappa shape index (κ3) is 2.68. The van der Waals surface area contributed by atoms with Gasteiger partial charge in [0.05, 0.1) is 10.3 Å². The Bertz CT molecular complexity index is 599. The maximum Gasteiger partial charge on any atom is 0.310 e. The molecule has 2 rings (SSSR count). The van der Waals surface area contributed by atoms with E-state index in [-0.39, 0.29) is 11.4 Å². The highest BCUT2D eigenvalue weighted by Crippen LogP contribution is 2.40. The lowest BCUT2D eigenvalue weighted by Crippen LogP contribution is -2.47. The van der Waals surface area contributed by atoms with Gasteiger partial charge in [0.25, 0.3) is 0 Å². The first-order valence-electron chi connectivity index (χ1n) is 6.07. The van der Waals surface area contributed by atoms with E-state index in [0.717, 1.165) is 16.2 Å². The Morgan fingerprint density at radius 2 is 2.11 bits per heavy atom. The van der Waals surface area contributed by atoms with Gasteiger partial charge in [-0.15, -0.1) is 11.3 Å². The van der Waals surface area contributed by atoms with Crippen LogP contribution in [-0.4, -0.2) is 26.0 Å². The van der Waals surface area contributed by atoms with Crippen LogP contribution in [0.5, 0.6) is 0 Å². The maximum atomic E-state index is 12.2. The zero-order valence-corrected chi connectivity index (χ0v) is 12.5. The maximum absolute atomic E-state index is 12.2. The number of nitrogens with one attached hydrogen (secondary N) is 1. The lowest BCUT2D eigenvalue weighted by atomic mass is 9.69. The molecule has 106 valence electrons. The van der Waals surface area contributed by atoms with E-state index in [0.29, 0.717) is 12.8 Å². The van der Waals surface area contributed by atoms with Crippen molar-refractivity contribution in [2.45, 2.75) is 38.0 Å². The number of carboxylic acids is 1. The van der Waals surface area contributed by atoms with Crippen molar-refractivity contribution < 1.29 is 18.3 Å². The molecule has 1 aliphatic rings. The number of carbonyl (C=O) groups is 1. The van der Waals surface area contributed by atoms with Crippen molar-refractivity contribution in [3.05, 3.63) is 15.8 Å². The predicted molar refractivity (Wildman–Crippen MR) is 72.9 cm³/mol. The van der Waals surface area contributed by atoms with E-state index in [2.05, 4.69) is 4.72 Å². The molecule has 0 aromatic carbocycles. The lowest BCUT2D eigenvalue weighted by molar-refractivity contribution is -0.153. The van der Waals surface area contributed by atoms with E-state index >= 15 is 0 Å². The standard InChI is InChI=1S/C12H17NO4S2/c1-8-6-10(9(2)18-8)19(16,17)13-7-12(11(14)15)4-3-5-12/h6,13H,3-5,7H2,1-2H3,(H,14,15). The minimum absolute atomic E-state index is 0.0288. The van der Waals surface area contributed by atoms with Crippen molar-refractivity contribution >= 4 is 27.3 Å². The van der Waals surface area contributed by atoms with Crippen LogP contribution in [0.2, 0.25) is 0 Å². The van der Waals surface area contributed by atoms with Gasteiger partial charge in [0.2, 0.25) is 10.0 Å². The van der Waals surface area contributed by atoms with Gasteiger partial charge in [0, 0.05) is 16.3 Å². The minimum atomic E-state index is -3.62. The SMILES string of the molecule is Cc1cc(S(=O)(=O)NCC2(C(=O)O)CCC2)c(C)s1. The molecular weight excluding hydrogens is 286 g/mol. The van der Waals surface area contributed by atoms with Gasteiger partial charge in [-0.1, -0.05) is 6.42 Å². The molecule has 0 spiro atoms. The Hall–Kier alpha value is -0.920. The van der Waals surface area contributed by atoms with Crippen LogP contribution in [0.3, 0.4) is 0 Å². The topological polar surface area (TPSA) is 83.5 Å². The average molecular weight is 303 g/mol. The second-order valence-electron chi connectivity index (χ2n) is 5.04. The van der Waals surface area contributed by atoms with Crippen molar-refractivity contribution in [2.75, 3.05) is 6.54 Å². The van der Waals surface area contributed by atoms with Crippen LogP contribution in [0.25, 0.3) is 0 Å². The van der Waals surface area contributed by atoms with E-state index in [1.54, 1.807) is 13.0 Å². The summed E-state index contributed by atoms with van der Waals surface area (Å²) >= 11 is 1.42. The molecule has 0 saturated heterocycles. The Morgan fingerprint density at radius 3 is 2.47 bits per heavy atom. The number of aliphatic carboxylic acids is 1. The van der Waals surface area contributed by atoms with Crippen LogP contribution in [0.4, 0.5) is 0 Å². The summed E-state index contributed by atoms with van der Waals surface area (Å²) in [6, 6.07) is 1.62. The number of aryl methyl sites for hydroxylation is 2. The van der Waals surface area contributed by atoms with Crippen LogP contribution in [0.1, 0.15) is 29.0 Å². The van der Waals surface area contributed by atoms with Crippen molar-refractivity contribution in [3.8, 4) is 0 Å². The fraction of sp³-hybridized carbons (Fsp3) is 0.583. The van der Waals surface area contributed by atoms with Crippen molar-refractivity contribution in [2.24, 2.45) is 5.41 Å². The normalized spacial score (nSPS) is 18.0. The summed E-state index contributed by atoms with van der Waals surface area (Å²) < 4.78 is 26.8. The minimum Gasteiger partial charge on any atom is -0.481 e.